The number of rotatable bonds is 2. The molecule has 0 bridgehead atoms. The van der Waals surface area contributed by atoms with Gasteiger partial charge in [0, 0.05) is 16.9 Å². The average molecular weight is 268 g/mol. The van der Waals surface area contributed by atoms with Crippen LogP contribution < -0.4 is 4.74 Å². The molecule has 1 heterocycles. The number of hydrogen-bond donors (Lipinski definition) is 0. The van der Waals surface area contributed by atoms with Crippen molar-refractivity contribution in [3.05, 3.63) is 28.4 Å². The fourth-order valence-corrected chi connectivity index (χ4v) is 2.17. The van der Waals surface area contributed by atoms with Crippen molar-refractivity contribution in [3.8, 4) is 5.75 Å². The summed E-state index contributed by atoms with van der Waals surface area (Å²) in [6.07, 6.45) is 0.841. The highest BCUT2D eigenvalue weighted by Gasteiger charge is 2.10. The molecule has 0 N–H and O–H groups in total. The van der Waals surface area contributed by atoms with E-state index >= 15 is 0 Å². The van der Waals surface area contributed by atoms with Crippen molar-refractivity contribution in [1.82, 2.24) is 4.57 Å². The van der Waals surface area contributed by atoms with E-state index in [-0.39, 0.29) is 0 Å². The Morgan fingerprint density at radius 3 is 2.73 bits per heavy atom. The van der Waals surface area contributed by atoms with Gasteiger partial charge in [-0.15, -0.1) is 0 Å². The van der Waals surface area contributed by atoms with E-state index in [1.165, 1.54) is 0 Å². The average Bonchev–Trinajstić information content (AvgIpc) is 2.54. The van der Waals surface area contributed by atoms with E-state index in [1.54, 1.807) is 7.11 Å². The van der Waals surface area contributed by atoms with Crippen LogP contribution in [0.3, 0.4) is 0 Å². The fraction of sp³-hybridized carbons (Fsp3) is 0.182. The van der Waals surface area contributed by atoms with Crippen molar-refractivity contribution in [2.45, 2.75) is 0 Å². The highest BCUT2D eigenvalue weighted by molar-refractivity contribution is 9.10. The summed E-state index contributed by atoms with van der Waals surface area (Å²) in [5, 5.41) is 0.992. The molecule has 0 unspecified atom stereocenters. The van der Waals surface area contributed by atoms with Crippen LogP contribution in [-0.2, 0) is 7.05 Å². The molecule has 0 saturated heterocycles. The lowest BCUT2D eigenvalue weighted by molar-refractivity contribution is 0.111. The molecule has 0 aliphatic carbocycles. The fourth-order valence-electron chi connectivity index (χ4n) is 1.72. The Bertz CT molecular complexity index is 531. The Morgan fingerprint density at radius 1 is 1.40 bits per heavy atom. The van der Waals surface area contributed by atoms with E-state index in [9.17, 15) is 4.79 Å². The van der Waals surface area contributed by atoms with Crippen LogP contribution in [0.5, 0.6) is 5.75 Å². The molecule has 2 rings (SSSR count). The quantitative estimate of drug-likeness (QED) is 0.784. The smallest absolute Gasteiger partial charge is 0.166 e. The Balaban J connectivity index is 2.87. The largest absolute Gasteiger partial charge is 0.495 e. The second-order valence-electron chi connectivity index (χ2n) is 3.29. The molecule has 0 fully saturated rings. The Morgan fingerprint density at radius 2 is 2.13 bits per heavy atom. The number of methoxy groups -OCH3 is 1. The van der Waals surface area contributed by atoms with Gasteiger partial charge in [0.25, 0.3) is 0 Å². The third kappa shape index (κ3) is 1.55. The van der Waals surface area contributed by atoms with Crippen LogP contribution in [0.15, 0.2) is 22.7 Å². The minimum atomic E-state index is 0.640. The SMILES string of the molecule is COc1cc(Br)cc2cc(C=O)n(C)c12. The molecule has 0 atom stereocenters. The summed E-state index contributed by atoms with van der Waals surface area (Å²) in [5.41, 5.74) is 1.57. The van der Waals surface area contributed by atoms with Crippen molar-refractivity contribution >= 4 is 33.1 Å². The first-order chi connectivity index (χ1) is 7.17. The number of carbonyl (C=O) groups is 1. The van der Waals surface area contributed by atoms with E-state index in [0.29, 0.717) is 5.69 Å². The normalized spacial score (nSPS) is 10.6. The molecule has 4 heteroatoms. The monoisotopic (exact) mass is 267 g/mol. The number of fused-ring (bicyclic) bond motifs is 1. The third-order valence-corrected chi connectivity index (χ3v) is 2.89. The number of hydrogen-bond acceptors (Lipinski definition) is 2. The van der Waals surface area contributed by atoms with Crippen LogP contribution in [0.25, 0.3) is 10.9 Å². The number of aldehydes is 1. The highest BCUT2D eigenvalue weighted by Crippen LogP contribution is 2.31. The van der Waals surface area contributed by atoms with Gasteiger partial charge in [-0.1, -0.05) is 15.9 Å². The summed E-state index contributed by atoms with van der Waals surface area (Å²) in [6, 6.07) is 5.69. The van der Waals surface area contributed by atoms with Gasteiger partial charge in [0.2, 0.25) is 0 Å². The Labute approximate surface area is 95.8 Å². The molecule has 0 amide bonds. The molecule has 0 aliphatic rings. The van der Waals surface area contributed by atoms with Crippen LogP contribution in [0, 0.1) is 0 Å². The van der Waals surface area contributed by atoms with E-state index in [2.05, 4.69) is 15.9 Å². The van der Waals surface area contributed by atoms with E-state index < -0.39 is 0 Å². The predicted octanol–water partition coefficient (Wildman–Crippen LogP) is 2.76. The van der Waals surface area contributed by atoms with Gasteiger partial charge in [0.1, 0.15) is 5.75 Å². The van der Waals surface area contributed by atoms with Gasteiger partial charge in [-0.25, -0.2) is 0 Å². The van der Waals surface area contributed by atoms with Gasteiger partial charge >= 0.3 is 0 Å². The van der Waals surface area contributed by atoms with Crippen LogP contribution >= 0.6 is 15.9 Å². The lowest BCUT2D eigenvalue weighted by atomic mass is 10.2. The lowest BCUT2D eigenvalue weighted by Gasteiger charge is -2.05. The molecule has 0 aliphatic heterocycles. The molecule has 15 heavy (non-hydrogen) atoms. The van der Waals surface area contributed by atoms with Gasteiger partial charge in [-0.05, 0) is 18.2 Å². The minimum Gasteiger partial charge on any atom is -0.495 e. The topological polar surface area (TPSA) is 31.2 Å². The lowest BCUT2D eigenvalue weighted by Crippen LogP contribution is -1.95. The molecule has 3 nitrogen and oxygen atoms in total. The predicted molar refractivity (Wildman–Crippen MR) is 62.6 cm³/mol. The molecule has 2 aromatic rings. The first kappa shape index (κ1) is 10.2. The maximum absolute atomic E-state index is 10.8. The second-order valence-corrected chi connectivity index (χ2v) is 4.21. The summed E-state index contributed by atoms with van der Waals surface area (Å²) in [5.74, 6) is 0.759. The number of benzene rings is 1. The molecule has 0 radical (unpaired) electrons. The van der Waals surface area contributed by atoms with E-state index in [0.717, 1.165) is 27.4 Å². The Hall–Kier alpha value is -1.29. The zero-order valence-electron chi connectivity index (χ0n) is 8.45. The van der Waals surface area contributed by atoms with Crippen LogP contribution in [-0.4, -0.2) is 18.0 Å². The van der Waals surface area contributed by atoms with Gasteiger partial charge in [0.05, 0.1) is 18.3 Å². The van der Waals surface area contributed by atoms with Crippen molar-refractivity contribution in [1.29, 1.82) is 0 Å². The highest BCUT2D eigenvalue weighted by atomic mass is 79.9. The van der Waals surface area contributed by atoms with Gasteiger partial charge in [0.15, 0.2) is 6.29 Å². The molecule has 0 saturated carbocycles. The summed E-state index contributed by atoms with van der Waals surface area (Å²) in [7, 11) is 3.47. The molecule has 78 valence electrons. The minimum absolute atomic E-state index is 0.640. The number of halogens is 1. The van der Waals surface area contributed by atoms with Crippen molar-refractivity contribution in [3.63, 3.8) is 0 Å². The maximum atomic E-state index is 10.8. The van der Waals surface area contributed by atoms with Crippen molar-refractivity contribution in [2.75, 3.05) is 7.11 Å². The zero-order chi connectivity index (χ0) is 11.0. The number of nitrogens with zero attached hydrogens (tertiary/aromatic N) is 1. The zero-order valence-corrected chi connectivity index (χ0v) is 10.0. The van der Waals surface area contributed by atoms with E-state index in [1.807, 2.05) is 29.8 Å². The first-order valence-corrected chi connectivity index (χ1v) is 5.25. The number of carbonyl (C=O) groups excluding carboxylic acids is 1. The van der Waals surface area contributed by atoms with Crippen molar-refractivity contribution < 1.29 is 9.53 Å². The van der Waals surface area contributed by atoms with Gasteiger partial charge in [-0.3, -0.25) is 4.79 Å². The second kappa shape index (κ2) is 3.70. The molecular formula is C11H10BrNO2. The standard InChI is InChI=1S/C11H10BrNO2/c1-13-9(6-14)4-7-3-8(12)5-10(15-2)11(7)13/h3-6H,1-2H3. The summed E-state index contributed by atoms with van der Waals surface area (Å²) < 4.78 is 8.05. The van der Waals surface area contributed by atoms with E-state index in [4.69, 9.17) is 4.74 Å². The van der Waals surface area contributed by atoms with Crippen LogP contribution in [0.2, 0.25) is 0 Å². The summed E-state index contributed by atoms with van der Waals surface area (Å²) >= 11 is 3.40. The molecule has 1 aromatic carbocycles. The number of aromatic nitrogens is 1. The molecule has 1 aromatic heterocycles. The summed E-state index contributed by atoms with van der Waals surface area (Å²) in [6.45, 7) is 0. The van der Waals surface area contributed by atoms with Gasteiger partial charge < -0.3 is 9.30 Å². The maximum Gasteiger partial charge on any atom is 0.166 e. The number of aryl methyl sites for hydroxylation is 1. The number of ether oxygens (including phenoxy) is 1. The van der Waals surface area contributed by atoms with Gasteiger partial charge in [-0.2, -0.15) is 0 Å². The van der Waals surface area contributed by atoms with Crippen molar-refractivity contribution in [2.24, 2.45) is 7.05 Å². The van der Waals surface area contributed by atoms with Crippen LogP contribution in [0.4, 0.5) is 0 Å². The van der Waals surface area contributed by atoms with Crippen LogP contribution in [0.1, 0.15) is 10.5 Å². The molecular weight excluding hydrogens is 258 g/mol. The Kier molecular flexibility index (Phi) is 2.52. The summed E-state index contributed by atoms with van der Waals surface area (Å²) in [4.78, 5) is 10.8. The molecule has 0 spiro atoms. The first-order valence-electron chi connectivity index (χ1n) is 4.45. The third-order valence-electron chi connectivity index (χ3n) is 2.44.